The summed E-state index contributed by atoms with van der Waals surface area (Å²) in [5, 5.41) is 0. The molecule has 1 heterocycles. The van der Waals surface area contributed by atoms with E-state index in [1.807, 2.05) is 30.3 Å². The lowest BCUT2D eigenvalue weighted by molar-refractivity contribution is -0.126. The number of anilines is 1. The van der Waals surface area contributed by atoms with Gasteiger partial charge in [-0.1, -0.05) is 48.5 Å². The molecule has 2 amide bonds. The summed E-state index contributed by atoms with van der Waals surface area (Å²) in [6, 6.07) is 14.1. The number of hydrogen-bond donors (Lipinski definition) is 0. The van der Waals surface area contributed by atoms with E-state index in [1.165, 1.54) is 30.0 Å². The lowest BCUT2D eigenvalue weighted by Crippen LogP contribution is -2.45. The maximum atomic E-state index is 13.4. The first-order valence-corrected chi connectivity index (χ1v) is 11.8. The Labute approximate surface area is 195 Å². The molecule has 11 heteroatoms. The number of benzene rings is 2. The van der Waals surface area contributed by atoms with Gasteiger partial charge in [0, 0.05) is 18.2 Å². The van der Waals surface area contributed by atoms with Gasteiger partial charge in [0.2, 0.25) is 5.91 Å². The number of nitrogens with zero attached hydrogens (tertiary/aromatic N) is 2. The third-order valence-corrected chi connectivity index (χ3v) is 6.65. The van der Waals surface area contributed by atoms with Gasteiger partial charge in [-0.3, -0.25) is 4.79 Å². The highest BCUT2D eigenvalue weighted by atomic mass is 32.2. The lowest BCUT2D eigenvalue weighted by Gasteiger charge is -2.27. The molecule has 0 bridgehead atoms. The van der Waals surface area contributed by atoms with Crippen LogP contribution in [0.2, 0.25) is 0 Å². The van der Waals surface area contributed by atoms with Gasteiger partial charge < -0.3 is 9.64 Å². The van der Waals surface area contributed by atoms with E-state index in [9.17, 15) is 31.2 Å². The maximum Gasteiger partial charge on any atom is 0.517 e. The number of rotatable bonds is 6. The van der Waals surface area contributed by atoms with Crippen LogP contribution in [0.5, 0.6) is 0 Å². The molecule has 0 N–H and O–H groups in total. The molecule has 1 unspecified atom stereocenters. The topological polar surface area (TPSA) is 84.0 Å². The highest BCUT2D eigenvalue weighted by Crippen LogP contribution is 2.35. The molecular weight excluding hydrogens is 473 g/mol. The van der Waals surface area contributed by atoms with Gasteiger partial charge in [0.05, 0.1) is 12.3 Å². The van der Waals surface area contributed by atoms with Crippen LogP contribution in [0.15, 0.2) is 60.2 Å². The average molecular weight is 497 g/mol. The fourth-order valence-corrected chi connectivity index (χ4v) is 4.53. The first-order valence-electron chi connectivity index (χ1n) is 10.4. The second-order valence-corrected chi connectivity index (χ2v) is 9.39. The number of hydrogen-bond acceptors (Lipinski definition) is 5. The van der Waals surface area contributed by atoms with Crippen molar-refractivity contribution in [3.8, 4) is 0 Å². The monoisotopic (exact) mass is 496 g/mol. The van der Waals surface area contributed by atoms with E-state index in [2.05, 4.69) is 4.74 Å². The van der Waals surface area contributed by atoms with Crippen LogP contribution in [0.1, 0.15) is 31.4 Å². The summed E-state index contributed by atoms with van der Waals surface area (Å²) in [6.45, 7) is 2.58. The van der Waals surface area contributed by atoms with Gasteiger partial charge in [-0.05, 0) is 43.5 Å². The molecule has 2 aromatic rings. The van der Waals surface area contributed by atoms with Gasteiger partial charge in [0.25, 0.3) is 0 Å². The highest BCUT2D eigenvalue weighted by Gasteiger charge is 2.53. The van der Waals surface area contributed by atoms with Gasteiger partial charge in [-0.25, -0.2) is 4.79 Å². The van der Waals surface area contributed by atoms with E-state index >= 15 is 0 Å². The van der Waals surface area contributed by atoms with Crippen molar-refractivity contribution >= 4 is 33.8 Å². The van der Waals surface area contributed by atoms with Crippen LogP contribution in [0.3, 0.4) is 0 Å². The normalized spacial score (nSPS) is 17.8. The standard InChI is InChI=1S/C23H23F3N2O5S/c1-3-33-22(30)28(34(31,32)23(24,25)26)20-12-8-7-11-18(20)15-27-16(2)13-19(21(27)29)14-17-9-5-4-6-10-17/h4-12,14,16H,3,13,15H2,1-2H3/b19-14+. The number of ether oxygens (including phenoxy) is 1. The Hall–Kier alpha value is -3.34. The van der Waals surface area contributed by atoms with Crippen molar-refractivity contribution in [1.82, 2.24) is 4.90 Å². The molecule has 1 atom stereocenters. The predicted octanol–water partition coefficient (Wildman–Crippen LogP) is 4.70. The number of sulfonamides is 1. The second-order valence-electron chi connectivity index (χ2n) is 7.61. The summed E-state index contributed by atoms with van der Waals surface area (Å²) < 4.78 is 68.9. The summed E-state index contributed by atoms with van der Waals surface area (Å²) >= 11 is 0. The smallest absolute Gasteiger partial charge is 0.449 e. The molecular formula is C23H23F3N2O5S. The van der Waals surface area contributed by atoms with Crippen LogP contribution in [-0.4, -0.2) is 43.5 Å². The van der Waals surface area contributed by atoms with Crippen molar-refractivity contribution in [3.05, 3.63) is 71.3 Å². The fraction of sp³-hybridized carbons (Fsp3) is 0.304. The Morgan fingerprint density at radius 2 is 1.76 bits per heavy atom. The first-order chi connectivity index (χ1) is 16.0. The van der Waals surface area contributed by atoms with Crippen molar-refractivity contribution in [1.29, 1.82) is 0 Å². The van der Waals surface area contributed by atoms with Crippen LogP contribution in [0.25, 0.3) is 6.08 Å². The molecule has 0 spiro atoms. The van der Waals surface area contributed by atoms with E-state index in [0.29, 0.717) is 12.0 Å². The van der Waals surface area contributed by atoms with Gasteiger partial charge in [0.1, 0.15) is 0 Å². The van der Waals surface area contributed by atoms with Crippen LogP contribution < -0.4 is 4.31 Å². The zero-order chi connectivity index (χ0) is 25.1. The molecule has 1 fully saturated rings. The zero-order valence-electron chi connectivity index (χ0n) is 18.4. The number of carbonyl (C=O) groups excluding carboxylic acids is 2. The molecule has 1 aliphatic rings. The number of halogens is 3. The third-order valence-electron chi connectivity index (χ3n) is 5.24. The van der Waals surface area contributed by atoms with Gasteiger partial charge in [-0.15, -0.1) is 0 Å². The molecule has 0 aromatic heterocycles. The average Bonchev–Trinajstić information content (AvgIpc) is 3.02. The minimum atomic E-state index is -6.10. The number of carbonyl (C=O) groups is 2. The fourth-order valence-electron chi connectivity index (χ4n) is 3.64. The van der Waals surface area contributed by atoms with Gasteiger partial charge in [0.15, 0.2) is 0 Å². The number of likely N-dealkylation sites (tertiary alicyclic amines) is 1. The predicted molar refractivity (Wildman–Crippen MR) is 120 cm³/mol. The molecule has 7 nitrogen and oxygen atoms in total. The van der Waals surface area contributed by atoms with Crippen molar-refractivity contribution in [2.75, 3.05) is 10.9 Å². The first kappa shape index (κ1) is 25.3. The van der Waals surface area contributed by atoms with Gasteiger partial charge in [-0.2, -0.15) is 25.9 Å². The Morgan fingerprint density at radius 1 is 1.15 bits per heavy atom. The molecule has 0 saturated carbocycles. The van der Waals surface area contributed by atoms with E-state index in [4.69, 9.17) is 0 Å². The maximum absolute atomic E-state index is 13.4. The third kappa shape index (κ3) is 5.09. The SMILES string of the molecule is CCOC(=O)N(c1ccccc1CN1C(=O)/C(=C/c2ccccc2)CC1C)S(=O)(=O)C(F)(F)F. The van der Waals surface area contributed by atoms with E-state index in [0.717, 1.165) is 11.6 Å². The minimum absolute atomic E-state index is 0.0459. The summed E-state index contributed by atoms with van der Waals surface area (Å²) in [5.74, 6) is -0.326. The quantitative estimate of drug-likeness (QED) is 0.541. The summed E-state index contributed by atoms with van der Waals surface area (Å²) in [6.07, 6.45) is 0.458. The van der Waals surface area contributed by atoms with Crippen LogP contribution in [-0.2, 0) is 26.1 Å². The van der Waals surface area contributed by atoms with Crippen molar-refractivity contribution in [3.63, 3.8) is 0 Å². The van der Waals surface area contributed by atoms with E-state index < -0.39 is 31.6 Å². The lowest BCUT2D eigenvalue weighted by atomic mass is 10.1. The molecule has 3 rings (SSSR count). The van der Waals surface area contributed by atoms with Crippen molar-refractivity contribution in [2.45, 2.75) is 38.4 Å². The zero-order valence-corrected chi connectivity index (χ0v) is 19.3. The highest BCUT2D eigenvalue weighted by molar-refractivity contribution is 7.94. The number of amides is 2. The molecule has 0 radical (unpaired) electrons. The second kappa shape index (κ2) is 9.88. The molecule has 1 aliphatic heterocycles. The van der Waals surface area contributed by atoms with Crippen molar-refractivity contribution in [2.24, 2.45) is 0 Å². The van der Waals surface area contributed by atoms with Crippen molar-refractivity contribution < 1.29 is 35.9 Å². The summed E-state index contributed by atoms with van der Waals surface area (Å²) in [5.41, 5.74) is -4.88. The largest absolute Gasteiger partial charge is 0.517 e. The molecule has 2 aromatic carbocycles. The number of alkyl halides is 3. The molecule has 182 valence electrons. The Kier molecular flexibility index (Phi) is 7.35. The van der Waals surface area contributed by atoms with Crippen LogP contribution in [0.4, 0.5) is 23.7 Å². The van der Waals surface area contributed by atoms with Crippen LogP contribution in [0, 0.1) is 0 Å². The molecule has 1 saturated heterocycles. The number of para-hydroxylation sites is 1. The van der Waals surface area contributed by atoms with E-state index in [-0.39, 0.29) is 30.7 Å². The summed E-state index contributed by atoms with van der Waals surface area (Å²) in [7, 11) is -6.10. The minimum Gasteiger partial charge on any atom is -0.449 e. The Bertz CT molecular complexity index is 1200. The Morgan fingerprint density at radius 3 is 2.38 bits per heavy atom. The van der Waals surface area contributed by atoms with E-state index in [1.54, 1.807) is 13.0 Å². The van der Waals surface area contributed by atoms with Crippen LogP contribution >= 0.6 is 0 Å². The summed E-state index contributed by atoms with van der Waals surface area (Å²) in [4.78, 5) is 26.8. The molecule has 0 aliphatic carbocycles. The Balaban J connectivity index is 1.99. The molecule has 34 heavy (non-hydrogen) atoms. The van der Waals surface area contributed by atoms with Gasteiger partial charge >= 0.3 is 21.6 Å².